The molecule has 0 saturated heterocycles. The van der Waals surface area contributed by atoms with Crippen LogP contribution in [0.4, 0.5) is 0 Å². The molecular formula is C13H18Cl2N2O. The lowest BCUT2D eigenvalue weighted by atomic mass is 10.2. The third-order valence-electron chi connectivity index (χ3n) is 2.57. The highest BCUT2D eigenvalue weighted by atomic mass is 35.5. The molecule has 1 N–H and O–H groups in total. The molecule has 1 amide bonds. The number of benzene rings is 1. The van der Waals surface area contributed by atoms with Crippen molar-refractivity contribution in [2.24, 2.45) is 0 Å². The molecule has 0 aliphatic carbocycles. The van der Waals surface area contributed by atoms with Crippen LogP contribution >= 0.6 is 23.2 Å². The Morgan fingerprint density at radius 3 is 2.78 bits per heavy atom. The molecule has 3 nitrogen and oxygen atoms in total. The van der Waals surface area contributed by atoms with Gasteiger partial charge >= 0.3 is 0 Å². The Kier molecular flexibility index (Phi) is 6.47. The summed E-state index contributed by atoms with van der Waals surface area (Å²) < 4.78 is 0. The van der Waals surface area contributed by atoms with E-state index in [1.165, 1.54) is 0 Å². The van der Waals surface area contributed by atoms with Crippen molar-refractivity contribution in [2.45, 2.75) is 19.9 Å². The van der Waals surface area contributed by atoms with Crippen LogP contribution in [0.1, 0.15) is 18.9 Å². The van der Waals surface area contributed by atoms with Gasteiger partial charge in [0, 0.05) is 13.6 Å². The van der Waals surface area contributed by atoms with E-state index in [9.17, 15) is 4.79 Å². The summed E-state index contributed by atoms with van der Waals surface area (Å²) in [6.45, 7) is 3.72. The Bertz CT molecular complexity index is 410. The van der Waals surface area contributed by atoms with E-state index in [1.807, 2.05) is 12.1 Å². The lowest BCUT2D eigenvalue weighted by Gasteiger charge is -2.18. The lowest BCUT2D eigenvalue weighted by Crippen LogP contribution is -2.35. The first kappa shape index (κ1) is 15.3. The monoisotopic (exact) mass is 288 g/mol. The van der Waals surface area contributed by atoms with Gasteiger partial charge in [-0.3, -0.25) is 4.79 Å². The standard InChI is InChI=1S/C13H18Cl2N2O/c1-3-7-16-8-12(18)17(2)9-10-5-4-6-11(14)13(10)15/h4-6,16H,3,7-9H2,1-2H3. The molecule has 0 saturated carbocycles. The van der Waals surface area contributed by atoms with Crippen LogP contribution < -0.4 is 5.32 Å². The Morgan fingerprint density at radius 1 is 1.39 bits per heavy atom. The highest BCUT2D eigenvalue weighted by molar-refractivity contribution is 6.42. The highest BCUT2D eigenvalue weighted by Crippen LogP contribution is 2.26. The van der Waals surface area contributed by atoms with Crippen LogP contribution in [0, 0.1) is 0 Å². The van der Waals surface area contributed by atoms with Crippen LogP contribution in [0.5, 0.6) is 0 Å². The molecule has 0 aliphatic rings. The molecule has 1 aromatic carbocycles. The van der Waals surface area contributed by atoms with Gasteiger partial charge in [0.1, 0.15) is 0 Å². The van der Waals surface area contributed by atoms with E-state index in [4.69, 9.17) is 23.2 Å². The highest BCUT2D eigenvalue weighted by Gasteiger charge is 2.11. The summed E-state index contributed by atoms with van der Waals surface area (Å²) in [5.41, 5.74) is 0.857. The van der Waals surface area contributed by atoms with Gasteiger partial charge in [-0.1, -0.05) is 42.3 Å². The first-order chi connectivity index (χ1) is 8.56. The first-order valence-corrected chi connectivity index (χ1v) is 6.69. The van der Waals surface area contributed by atoms with Crippen molar-refractivity contribution in [3.8, 4) is 0 Å². The van der Waals surface area contributed by atoms with E-state index in [0.717, 1.165) is 18.5 Å². The fourth-order valence-electron chi connectivity index (χ4n) is 1.52. The lowest BCUT2D eigenvalue weighted by molar-refractivity contribution is -0.129. The average molecular weight is 289 g/mol. The molecule has 0 atom stereocenters. The molecule has 0 unspecified atom stereocenters. The Hall–Kier alpha value is -0.770. The number of likely N-dealkylation sites (N-methyl/N-ethyl adjacent to an activating group) is 1. The van der Waals surface area contributed by atoms with Gasteiger partial charge in [-0.15, -0.1) is 0 Å². The molecule has 0 heterocycles. The number of rotatable bonds is 6. The van der Waals surface area contributed by atoms with Crippen molar-refractivity contribution in [2.75, 3.05) is 20.1 Å². The van der Waals surface area contributed by atoms with E-state index in [2.05, 4.69) is 12.2 Å². The van der Waals surface area contributed by atoms with Gasteiger partial charge < -0.3 is 10.2 Å². The smallest absolute Gasteiger partial charge is 0.236 e. The van der Waals surface area contributed by atoms with Crippen LogP contribution in [0.2, 0.25) is 10.0 Å². The molecule has 0 bridgehead atoms. The van der Waals surface area contributed by atoms with Gasteiger partial charge in [0.25, 0.3) is 0 Å². The van der Waals surface area contributed by atoms with Crippen molar-refractivity contribution >= 4 is 29.1 Å². The maximum absolute atomic E-state index is 11.8. The van der Waals surface area contributed by atoms with Crippen molar-refractivity contribution in [3.05, 3.63) is 33.8 Å². The maximum atomic E-state index is 11.8. The summed E-state index contributed by atoms with van der Waals surface area (Å²) in [6, 6.07) is 5.44. The molecule has 1 rings (SSSR count). The number of amides is 1. The molecule has 0 radical (unpaired) electrons. The van der Waals surface area contributed by atoms with Gasteiger partial charge in [-0.25, -0.2) is 0 Å². The SMILES string of the molecule is CCCNCC(=O)N(C)Cc1cccc(Cl)c1Cl. The minimum Gasteiger partial charge on any atom is -0.340 e. The molecule has 0 aromatic heterocycles. The largest absolute Gasteiger partial charge is 0.340 e. The van der Waals surface area contributed by atoms with Crippen LogP contribution in [-0.4, -0.2) is 30.9 Å². The van der Waals surface area contributed by atoms with Gasteiger partial charge in [-0.2, -0.15) is 0 Å². The summed E-state index contributed by atoms with van der Waals surface area (Å²) in [5.74, 6) is 0.0412. The summed E-state index contributed by atoms with van der Waals surface area (Å²) in [6.07, 6.45) is 1.01. The number of nitrogens with zero attached hydrogens (tertiary/aromatic N) is 1. The fourth-order valence-corrected chi connectivity index (χ4v) is 1.90. The van der Waals surface area contributed by atoms with E-state index < -0.39 is 0 Å². The number of carbonyl (C=O) groups is 1. The Balaban J connectivity index is 2.56. The predicted molar refractivity (Wildman–Crippen MR) is 76.1 cm³/mol. The van der Waals surface area contributed by atoms with Crippen molar-refractivity contribution in [1.29, 1.82) is 0 Å². The van der Waals surface area contributed by atoms with E-state index in [1.54, 1.807) is 18.0 Å². The topological polar surface area (TPSA) is 32.3 Å². The molecular weight excluding hydrogens is 271 g/mol. The second-order valence-electron chi connectivity index (χ2n) is 4.14. The van der Waals surface area contributed by atoms with Gasteiger partial charge in [0.05, 0.1) is 16.6 Å². The molecule has 5 heteroatoms. The normalized spacial score (nSPS) is 10.4. The second kappa shape index (κ2) is 7.62. The van der Waals surface area contributed by atoms with Crippen molar-refractivity contribution in [1.82, 2.24) is 10.2 Å². The summed E-state index contributed by atoms with van der Waals surface area (Å²) >= 11 is 12.0. The molecule has 0 fully saturated rings. The third kappa shape index (κ3) is 4.48. The zero-order valence-corrected chi connectivity index (χ0v) is 12.2. The number of halogens is 2. The van der Waals surface area contributed by atoms with Crippen LogP contribution in [0.15, 0.2) is 18.2 Å². The Labute approximate surface area is 118 Å². The zero-order chi connectivity index (χ0) is 13.5. The average Bonchev–Trinajstić information content (AvgIpc) is 2.35. The third-order valence-corrected chi connectivity index (χ3v) is 3.43. The van der Waals surface area contributed by atoms with E-state index in [-0.39, 0.29) is 5.91 Å². The van der Waals surface area contributed by atoms with Gasteiger partial charge in [0.2, 0.25) is 5.91 Å². The predicted octanol–water partition coefficient (Wildman–Crippen LogP) is 2.95. The van der Waals surface area contributed by atoms with Crippen molar-refractivity contribution in [3.63, 3.8) is 0 Å². The first-order valence-electron chi connectivity index (χ1n) is 5.93. The number of carbonyl (C=O) groups excluding carboxylic acids is 1. The Morgan fingerprint density at radius 2 is 2.11 bits per heavy atom. The minimum atomic E-state index is 0.0412. The minimum absolute atomic E-state index is 0.0412. The zero-order valence-electron chi connectivity index (χ0n) is 10.7. The molecule has 0 spiro atoms. The maximum Gasteiger partial charge on any atom is 0.236 e. The van der Waals surface area contributed by atoms with Gasteiger partial charge in [-0.05, 0) is 24.6 Å². The fraction of sp³-hybridized carbons (Fsp3) is 0.462. The summed E-state index contributed by atoms with van der Waals surface area (Å²) in [7, 11) is 1.76. The van der Waals surface area contributed by atoms with Crippen molar-refractivity contribution < 1.29 is 4.79 Å². The number of hydrogen-bond donors (Lipinski definition) is 1. The van der Waals surface area contributed by atoms with Crippen LogP contribution in [0.25, 0.3) is 0 Å². The number of hydrogen-bond acceptors (Lipinski definition) is 2. The molecule has 100 valence electrons. The van der Waals surface area contributed by atoms with E-state index >= 15 is 0 Å². The van der Waals surface area contributed by atoms with Crippen LogP contribution in [-0.2, 0) is 11.3 Å². The molecule has 0 aliphatic heterocycles. The molecule has 1 aromatic rings. The van der Waals surface area contributed by atoms with E-state index in [0.29, 0.717) is 23.1 Å². The summed E-state index contributed by atoms with van der Waals surface area (Å²) in [4.78, 5) is 13.4. The van der Waals surface area contributed by atoms with Gasteiger partial charge in [0.15, 0.2) is 0 Å². The summed E-state index contributed by atoms with van der Waals surface area (Å²) in [5, 5.41) is 4.10. The number of nitrogens with one attached hydrogen (secondary N) is 1. The quantitative estimate of drug-likeness (QED) is 0.817. The van der Waals surface area contributed by atoms with Crippen LogP contribution in [0.3, 0.4) is 0 Å². The second-order valence-corrected chi connectivity index (χ2v) is 4.92. The molecule has 18 heavy (non-hydrogen) atoms.